The Morgan fingerprint density at radius 3 is 1.26 bits per heavy atom. The predicted octanol–water partition coefficient (Wildman–Crippen LogP) is 14.0. The highest BCUT2D eigenvalue weighted by molar-refractivity contribution is 5.69. The van der Waals surface area contributed by atoms with Gasteiger partial charge in [0.1, 0.15) is 6.10 Å². The minimum atomic E-state index is -0.704. The molecule has 0 aliphatic carbocycles. The van der Waals surface area contributed by atoms with Gasteiger partial charge in [-0.2, -0.15) is 0 Å². The van der Waals surface area contributed by atoms with Gasteiger partial charge in [-0.05, 0) is 83.5 Å². The predicted molar refractivity (Wildman–Crippen MR) is 200 cm³/mol. The van der Waals surface area contributed by atoms with E-state index in [0.717, 1.165) is 70.6 Å². The summed E-state index contributed by atoms with van der Waals surface area (Å²) in [5.41, 5.74) is 0. The number of aliphatic carboxylic acids is 1. The van der Waals surface area contributed by atoms with Gasteiger partial charge in [-0.1, -0.05) is 154 Å². The number of unbranched alkanes of at least 4 members (excludes halogenated alkanes) is 24. The third kappa shape index (κ3) is 36.9. The SMILES string of the molecule is CCCCCCCC/C=C\CCCCCCCC(=O)OC(CCC/C=C\CCCCCCCCCC)CCCCCCCC(=O)O. The Morgan fingerprint density at radius 2 is 0.804 bits per heavy atom. The maximum absolute atomic E-state index is 12.7. The van der Waals surface area contributed by atoms with Crippen LogP contribution in [0.2, 0.25) is 0 Å². The number of ether oxygens (including phenoxy) is 1. The Labute approximate surface area is 287 Å². The molecule has 1 N–H and O–H groups in total. The van der Waals surface area contributed by atoms with Crippen LogP contribution in [-0.4, -0.2) is 23.1 Å². The number of allylic oxidation sites excluding steroid dienone is 4. The fourth-order valence-electron chi connectivity index (χ4n) is 6.12. The number of carboxylic acids is 1. The summed E-state index contributed by atoms with van der Waals surface area (Å²) in [5.74, 6) is -0.723. The summed E-state index contributed by atoms with van der Waals surface area (Å²) in [4.78, 5) is 23.4. The van der Waals surface area contributed by atoms with E-state index in [4.69, 9.17) is 9.84 Å². The molecule has 0 heterocycles. The number of hydrogen-bond donors (Lipinski definition) is 1. The minimum absolute atomic E-state index is 0.0191. The summed E-state index contributed by atoms with van der Waals surface area (Å²) in [5, 5.41) is 8.82. The molecule has 0 aliphatic rings. The third-order valence-corrected chi connectivity index (χ3v) is 9.15. The van der Waals surface area contributed by atoms with Gasteiger partial charge in [-0.15, -0.1) is 0 Å². The fraction of sp³-hybridized carbons (Fsp3) is 0.857. The summed E-state index contributed by atoms with van der Waals surface area (Å²) in [6.07, 6.45) is 47.7. The van der Waals surface area contributed by atoms with Gasteiger partial charge in [-0.25, -0.2) is 0 Å². The molecule has 1 unspecified atom stereocenters. The van der Waals surface area contributed by atoms with Crippen molar-refractivity contribution in [1.82, 2.24) is 0 Å². The van der Waals surface area contributed by atoms with Crippen LogP contribution in [0.15, 0.2) is 24.3 Å². The van der Waals surface area contributed by atoms with Gasteiger partial charge >= 0.3 is 11.9 Å². The highest BCUT2D eigenvalue weighted by Crippen LogP contribution is 2.18. The van der Waals surface area contributed by atoms with Gasteiger partial charge in [0, 0.05) is 12.8 Å². The second-order valence-corrected chi connectivity index (χ2v) is 13.8. The smallest absolute Gasteiger partial charge is 0.306 e. The van der Waals surface area contributed by atoms with Crippen LogP contribution in [0.3, 0.4) is 0 Å². The highest BCUT2D eigenvalue weighted by Gasteiger charge is 2.14. The fourth-order valence-corrected chi connectivity index (χ4v) is 6.12. The van der Waals surface area contributed by atoms with Crippen LogP contribution >= 0.6 is 0 Å². The Kier molecular flexibility index (Phi) is 36.6. The first-order valence-corrected chi connectivity index (χ1v) is 20.3. The molecular weight excluding hydrogens is 568 g/mol. The van der Waals surface area contributed by atoms with E-state index in [1.807, 2.05) is 0 Å². The number of carbonyl (C=O) groups is 2. The van der Waals surface area contributed by atoms with Crippen molar-refractivity contribution in [2.24, 2.45) is 0 Å². The molecule has 1 atom stereocenters. The Balaban J connectivity index is 4.08. The first-order chi connectivity index (χ1) is 22.6. The van der Waals surface area contributed by atoms with Crippen LogP contribution in [0.4, 0.5) is 0 Å². The van der Waals surface area contributed by atoms with Crippen LogP contribution in [-0.2, 0) is 14.3 Å². The van der Waals surface area contributed by atoms with Crippen LogP contribution < -0.4 is 0 Å². The molecule has 0 aromatic rings. The molecule has 46 heavy (non-hydrogen) atoms. The topological polar surface area (TPSA) is 63.6 Å². The molecule has 0 saturated carbocycles. The van der Waals surface area contributed by atoms with Gasteiger partial charge in [0.05, 0.1) is 0 Å². The number of esters is 1. The lowest BCUT2D eigenvalue weighted by Gasteiger charge is -2.18. The molecule has 0 fully saturated rings. The van der Waals surface area contributed by atoms with E-state index in [2.05, 4.69) is 38.2 Å². The third-order valence-electron chi connectivity index (χ3n) is 9.15. The lowest BCUT2D eigenvalue weighted by Crippen LogP contribution is -2.18. The van der Waals surface area contributed by atoms with E-state index in [1.165, 1.54) is 128 Å². The van der Waals surface area contributed by atoms with Crippen molar-refractivity contribution in [3.63, 3.8) is 0 Å². The van der Waals surface area contributed by atoms with Gasteiger partial charge < -0.3 is 9.84 Å². The van der Waals surface area contributed by atoms with Crippen molar-refractivity contribution >= 4 is 11.9 Å². The standard InChI is InChI=1S/C42H78O4/c1-3-5-7-9-11-13-15-17-18-20-22-24-26-31-35-39-42(45)46-40(37-33-29-27-30-34-38-41(43)44)36-32-28-25-23-21-19-16-14-12-10-8-6-4-2/h17-18,23,25,40H,3-16,19-22,24,26-39H2,1-2H3,(H,43,44)/b18-17-,25-23-. The monoisotopic (exact) mass is 647 g/mol. The number of carbonyl (C=O) groups excluding carboxylic acids is 1. The Morgan fingerprint density at radius 1 is 0.457 bits per heavy atom. The van der Waals surface area contributed by atoms with E-state index in [0.29, 0.717) is 6.42 Å². The van der Waals surface area contributed by atoms with Gasteiger partial charge in [0.25, 0.3) is 0 Å². The number of rotatable bonds is 37. The molecule has 0 aromatic heterocycles. The second kappa shape index (κ2) is 37.9. The quantitative estimate of drug-likeness (QED) is 0.0414. The lowest BCUT2D eigenvalue weighted by atomic mass is 10.0. The zero-order valence-corrected chi connectivity index (χ0v) is 30.9. The highest BCUT2D eigenvalue weighted by atomic mass is 16.5. The van der Waals surface area contributed by atoms with Crippen molar-refractivity contribution in [2.45, 2.75) is 232 Å². The number of hydrogen-bond acceptors (Lipinski definition) is 3. The van der Waals surface area contributed by atoms with Crippen molar-refractivity contribution < 1.29 is 19.4 Å². The average Bonchev–Trinajstić information content (AvgIpc) is 3.04. The van der Waals surface area contributed by atoms with E-state index >= 15 is 0 Å². The lowest BCUT2D eigenvalue weighted by molar-refractivity contribution is -0.150. The summed E-state index contributed by atoms with van der Waals surface area (Å²) in [6, 6.07) is 0. The van der Waals surface area contributed by atoms with Crippen molar-refractivity contribution in [3.8, 4) is 0 Å². The zero-order valence-electron chi connectivity index (χ0n) is 30.9. The van der Waals surface area contributed by atoms with E-state index < -0.39 is 5.97 Å². The molecule has 0 spiro atoms. The first-order valence-electron chi connectivity index (χ1n) is 20.3. The normalized spacial score (nSPS) is 12.4. The molecule has 0 aliphatic heterocycles. The molecule has 270 valence electrons. The summed E-state index contributed by atoms with van der Waals surface area (Å²) >= 11 is 0. The molecule has 0 saturated heterocycles. The van der Waals surface area contributed by atoms with E-state index in [-0.39, 0.29) is 18.5 Å². The maximum Gasteiger partial charge on any atom is 0.306 e. The molecule has 4 nitrogen and oxygen atoms in total. The maximum atomic E-state index is 12.7. The van der Waals surface area contributed by atoms with Crippen LogP contribution in [0.5, 0.6) is 0 Å². The van der Waals surface area contributed by atoms with Gasteiger partial charge in [0.2, 0.25) is 0 Å². The summed E-state index contributed by atoms with van der Waals surface area (Å²) in [6.45, 7) is 4.55. The van der Waals surface area contributed by atoms with Gasteiger partial charge in [-0.3, -0.25) is 9.59 Å². The molecule has 0 bridgehead atoms. The minimum Gasteiger partial charge on any atom is -0.481 e. The molecule has 0 aromatic carbocycles. The van der Waals surface area contributed by atoms with E-state index in [9.17, 15) is 9.59 Å². The molecule has 0 rings (SSSR count). The van der Waals surface area contributed by atoms with Crippen LogP contribution in [0, 0.1) is 0 Å². The van der Waals surface area contributed by atoms with Crippen molar-refractivity contribution in [1.29, 1.82) is 0 Å². The van der Waals surface area contributed by atoms with Crippen molar-refractivity contribution in [3.05, 3.63) is 24.3 Å². The summed E-state index contributed by atoms with van der Waals surface area (Å²) in [7, 11) is 0. The van der Waals surface area contributed by atoms with Crippen molar-refractivity contribution in [2.75, 3.05) is 0 Å². The Hall–Kier alpha value is -1.58. The largest absolute Gasteiger partial charge is 0.481 e. The average molecular weight is 647 g/mol. The second-order valence-electron chi connectivity index (χ2n) is 13.8. The van der Waals surface area contributed by atoms with Crippen LogP contribution in [0.1, 0.15) is 226 Å². The zero-order chi connectivity index (χ0) is 33.6. The van der Waals surface area contributed by atoms with Gasteiger partial charge in [0.15, 0.2) is 0 Å². The number of carboxylic acid groups (broad SMARTS) is 1. The van der Waals surface area contributed by atoms with Crippen LogP contribution in [0.25, 0.3) is 0 Å². The molecule has 0 radical (unpaired) electrons. The molecule has 4 heteroatoms. The first kappa shape index (κ1) is 44.4. The van der Waals surface area contributed by atoms with E-state index in [1.54, 1.807) is 0 Å². The molecular formula is C42H78O4. The Bertz CT molecular complexity index is 698. The molecule has 0 amide bonds. The summed E-state index contributed by atoms with van der Waals surface area (Å²) < 4.78 is 5.99.